The van der Waals surface area contributed by atoms with Gasteiger partial charge in [-0.25, -0.2) is 0 Å². The maximum atomic E-state index is 13.1. The molecule has 11 N–H and O–H groups in total. The van der Waals surface area contributed by atoms with E-state index >= 15 is 0 Å². The lowest BCUT2D eigenvalue weighted by molar-refractivity contribution is -0.141. The van der Waals surface area contributed by atoms with Crippen molar-refractivity contribution in [1.82, 2.24) is 26.6 Å². The Bertz CT molecular complexity index is 1170. The van der Waals surface area contributed by atoms with Crippen molar-refractivity contribution in [2.45, 2.75) is 69.5 Å². The highest BCUT2D eigenvalue weighted by molar-refractivity contribution is 5.95. The second kappa shape index (κ2) is 17.8. The number of guanidine groups is 1. The fourth-order valence-electron chi connectivity index (χ4n) is 4.23. The quantitative estimate of drug-likeness (QED) is 0.0871. The van der Waals surface area contributed by atoms with Crippen molar-refractivity contribution < 1.29 is 39.0 Å². The summed E-state index contributed by atoms with van der Waals surface area (Å²) in [5.41, 5.74) is 11.2. The van der Waals surface area contributed by atoms with Crippen molar-refractivity contribution in [2.24, 2.45) is 16.5 Å². The van der Waals surface area contributed by atoms with Crippen LogP contribution in [0.4, 0.5) is 0 Å². The molecule has 1 aromatic carbocycles. The summed E-state index contributed by atoms with van der Waals surface area (Å²) in [5, 5.41) is 31.5. The zero-order valence-electron chi connectivity index (χ0n) is 23.8. The number of nitrogens with zero attached hydrogens (tertiary/aromatic N) is 1. The number of carboxylic acids is 1. The first kappa shape index (κ1) is 34.3. The molecule has 0 saturated carbocycles. The Morgan fingerprint density at radius 1 is 0.837 bits per heavy atom. The lowest BCUT2D eigenvalue weighted by Crippen LogP contribution is -2.56. The SMILES string of the molecule is NC(N)=NCCC[C@@H]1NC(=O)CCCCCNC(=O)[C@H](Cc2ccc(O)cc2)NC(=O)[C@H](CC(=O)O)NC(=O)CNC1=O. The first-order chi connectivity index (χ1) is 20.4. The summed E-state index contributed by atoms with van der Waals surface area (Å²) in [4.78, 5) is 79.5. The molecule has 5 amide bonds. The number of aliphatic imine (C=N–C) groups is 1. The van der Waals surface area contributed by atoms with Crippen molar-refractivity contribution in [3.63, 3.8) is 0 Å². The predicted octanol–water partition coefficient (Wildman–Crippen LogP) is -2.28. The van der Waals surface area contributed by atoms with Crippen molar-refractivity contribution in [3.05, 3.63) is 29.8 Å². The van der Waals surface area contributed by atoms with E-state index in [9.17, 15) is 39.0 Å². The Hall–Kier alpha value is -4.89. The van der Waals surface area contributed by atoms with Gasteiger partial charge in [-0.05, 0) is 43.4 Å². The van der Waals surface area contributed by atoms with Crippen LogP contribution in [0.1, 0.15) is 50.5 Å². The summed E-state index contributed by atoms with van der Waals surface area (Å²) in [6.45, 7) is -0.151. The summed E-state index contributed by atoms with van der Waals surface area (Å²) in [7, 11) is 0. The molecule has 0 aliphatic carbocycles. The van der Waals surface area contributed by atoms with Crippen molar-refractivity contribution in [1.29, 1.82) is 0 Å². The standard InChI is InChI=1S/C27H40N8O8/c28-27(29)31-12-4-5-18-24(41)32-15-22(38)34-20(14-23(39)40)26(43)35-19(13-16-7-9-17(36)10-8-16)25(42)30-11-3-1-2-6-21(37)33-18/h7-10,18-20,36H,1-6,11-15H2,(H,30,42)(H,32,41)(H,33,37)(H,34,38)(H,35,43)(H,39,40)(H4,28,29,31)/t18-,19-,20-/m0/s1. The molecule has 1 aromatic rings. The van der Waals surface area contributed by atoms with Crippen LogP contribution in [0.5, 0.6) is 5.75 Å². The van der Waals surface area contributed by atoms with Gasteiger partial charge in [0.1, 0.15) is 23.9 Å². The van der Waals surface area contributed by atoms with Crippen LogP contribution < -0.4 is 38.1 Å². The Balaban J connectivity index is 2.22. The minimum Gasteiger partial charge on any atom is -0.508 e. The van der Waals surface area contributed by atoms with Crippen molar-refractivity contribution in [2.75, 3.05) is 19.6 Å². The van der Waals surface area contributed by atoms with E-state index < -0.39 is 60.7 Å². The molecular weight excluding hydrogens is 564 g/mol. The van der Waals surface area contributed by atoms with Gasteiger partial charge in [0.05, 0.1) is 13.0 Å². The number of nitrogens with one attached hydrogen (secondary N) is 5. The van der Waals surface area contributed by atoms with Gasteiger partial charge in [-0.1, -0.05) is 18.6 Å². The highest BCUT2D eigenvalue weighted by atomic mass is 16.4. The van der Waals surface area contributed by atoms with Crippen LogP contribution in [0.25, 0.3) is 0 Å². The molecule has 2 rings (SSSR count). The molecule has 1 heterocycles. The summed E-state index contributed by atoms with van der Waals surface area (Å²) >= 11 is 0. The first-order valence-electron chi connectivity index (χ1n) is 13.9. The molecule has 0 radical (unpaired) electrons. The van der Waals surface area contributed by atoms with E-state index in [1.807, 2.05) is 0 Å². The number of phenolic OH excluding ortho intramolecular Hbond substituents is 1. The number of hydrogen-bond acceptors (Lipinski definition) is 8. The molecule has 1 saturated heterocycles. The van der Waals surface area contributed by atoms with Crippen molar-refractivity contribution in [3.8, 4) is 5.75 Å². The summed E-state index contributed by atoms with van der Waals surface area (Å²) in [6, 6.07) is 2.31. The third kappa shape index (κ3) is 13.5. The topological polar surface area (TPSA) is 267 Å². The number of phenols is 1. The molecule has 0 aromatic heterocycles. The third-order valence-corrected chi connectivity index (χ3v) is 6.44. The number of rotatable bonds is 8. The van der Waals surface area contributed by atoms with Crippen LogP contribution in [0, 0.1) is 0 Å². The van der Waals surface area contributed by atoms with Crippen LogP contribution >= 0.6 is 0 Å². The Labute approximate surface area is 248 Å². The number of nitrogens with two attached hydrogens (primary N) is 2. The lowest BCUT2D eigenvalue weighted by Gasteiger charge is -2.23. The second-order valence-corrected chi connectivity index (χ2v) is 10.0. The Morgan fingerprint density at radius 3 is 2.19 bits per heavy atom. The maximum absolute atomic E-state index is 13.1. The fourth-order valence-corrected chi connectivity index (χ4v) is 4.23. The maximum Gasteiger partial charge on any atom is 0.305 e. The number of benzene rings is 1. The molecule has 1 aliphatic heterocycles. The molecule has 1 fully saturated rings. The van der Waals surface area contributed by atoms with Crippen LogP contribution in [0.15, 0.2) is 29.3 Å². The highest BCUT2D eigenvalue weighted by Crippen LogP contribution is 2.12. The lowest BCUT2D eigenvalue weighted by atomic mass is 10.0. The molecular formula is C27H40N8O8. The number of carboxylic acid groups (broad SMARTS) is 1. The zero-order valence-corrected chi connectivity index (χ0v) is 23.8. The molecule has 0 unspecified atom stereocenters. The molecule has 3 atom stereocenters. The molecule has 1 aliphatic rings. The Kier molecular flexibility index (Phi) is 14.2. The average Bonchev–Trinajstić information content (AvgIpc) is 2.94. The van der Waals surface area contributed by atoms with Gasteiger partial charge in [0.25, 0.3) is 0 Å². The Morgan fingerprint density at radius 2 is 1.51 bits per heavy atom. The van der Waals surface area contributed by atoms with Gasteiger partial charge in [-0.15, -0.1) is 0 Å². The fraction of sp³-hybridized carbons (Fsp3) is 0.519. The minimum absolute atomic E-state index is 0.0139. The van der Waals surface area contributed by atoms with E-state index in [1.165, 1.54) is 12.1 Å². The number of carbonyl (C=O) groups excluding carboxylic acids is 5. The highest BCUT2D eigenvalue weighted by Gasteiger charge is 2.29. The van der Waals surface area contributed by atoms with Gasteiger partial charge in [0.15, 0.2) is 5.96 Å². The monoisotopic (exact) mass is 604 g/mol. The average molecular weight is 605 g/mol. The van der Waals surface area contributed by atoms with Crippen LogP contribution in [0.2, 0.25) is 0 Å². The minimum atomic E-state index is -1.56. The van der Waals surface area contributed by atoms with Gasteiger partial charge in [-0.2, -0.15) is 0 Å². The molecule has 0 spiro atoms. The van der Waals surface area contributed by atoms with E-state index in [0.29, 0.717) is 31.2 Å². The van der Waals surface area contributed by atoms with Crippen molar-refractivity contribution >= 4 is 41.5 Å². The zero-order chi connectivity index (χ0) is 31.8. The van der Waals surface area contributed by atoms with Gasteiger partial charge in [0.2, 0.25) is 29.5 Å². The molecule has 236 valence electrons. The van der Waals surface area contributed by atoms with Gasteiger partial charge in [-0.3, -0.25) is 33.8 Å². The van der Waals surface area contributed by atoms with Crippen LogP contribution in [0.3, 0.4) is 0 Å². The number of aromatic hydroxyl groups is 1. The third-order valence-electron chi connectivity index (χ3n) is 6.44. The summed E-state index contributed by atoms with van der Waals surface area (Å²) in [6.07, 6.45) is 1.49. The number of aliphatic carboxylic acids is 1. The van der Waals surface area contributed by atoms with E-state index in [2.05, 4.69) is 31.6 Å². The summed E-state index contributed by atoms with van der Waals surface area (Å²) < 4.78 is 0. The molecule has 16 heteroatoms. The van der Waals surface area contributed by atoms with E-state index in [1.54, 1.807) is 12.1 Å². The second-order valence-electron chi connectivity index (χ2n) is 10.0. The van der Waals surface area contributed by atoms with Gasteiger partial charge < -0.3 is 48.3 Å². The summed E-state index contributed by atoms with van der Waals surface area (Å²) in [5.74, 6) is -4.83. The van der Waals surface area contributed by atoms with Crippen LogP contribution in [-0.2, 0) is 35.2 Å². The van der Waals surface area contributed by atoms with E-state index in [-0.39, 0.29) is 50.0 Å². The number of amides is 5. The van der Waals surface area contributed by atoms with E-state index in [0.717, 1.165) is 0 Å². The molecule has 43 heavy (non-hydrogen) atoms. The molecule has 16 nitrogen and oxygen atoms in total. The first-order valence-corrected chi connectivity index (χ1v) is 13.9. The largest absolute Gasteiger partial charge is 0.508 e. The van der Waals surface area contributed by atoms with Gasteiger partial charge in [0, 0.05) is 25.9 Å². The van der Waals surface area contributed by atoms with Crippen LogP contribution in [-0.4, -0.2) is 89.4 Å². The molecule has 0 bridgehead atoms. The van der Waals surface area contributed by atoms with E-state index in [4.69, 9.17) is 11.5 Å². The number of hydrogen-bond donors (Lipinski definition) is 9. The predicted molar refractivity (Wildman–Crippen MR) is 154 cm³/mol. The van der Waals surface area contributed by atoms with Gasteiger partial charge >= 0.3 is 5.97 Å². The smallest absolute Gasteiger partial charge is 0.305 e. The number of carbonyl (C=O) groups is 6. The normalized spacial score (nSPS) is 21.4.